The summed E-state index contributed by atoms with van der Waals surface area (Å²) in [5.41, 5.74) is 3.27. The lowest BCUT2D eigenvalue weighted by Crippen LogP contribution is -2.17. The molecule has 0 spiro atoms. The van der Waals surface area contributed by atoms with E-state index < -0.39 is 6.04 Å². The topological polar surface area (TPSA) is 79.9 Å². The average Bonchev–Trinajstić information content (AvgIpc) is 3.33. The number of aromatic nitrogens is 4. The first-order chi connectivity index (χ1) is 13.7. The smallest absolute Gasteiger partial charge is 0.254 e. The number of aliphatic hydroxyl groups excluding tert-OH is 2. The molecule has 8 heteroatoms. The van der Waals surface area contributed by atoms with Crippen molar-refractivity contribution in [3.63, 3.8) is 0 Å². The highest BCUT2D eigenvalue weighted by Gasteiger charge is 2.21. The summed E-state index contributed by atoms with van der Waals surface area (Å²) < 4.78 is 16.7. The monoisotopic (exact) mass is 377 g/mol. The molecule has 2 N–H and O–H groups in total. The van der Waals surface area contributed by atoms with Crippen LogP contribution in [0.2, 0.25) is 0 Å². The molecule has 0 aliphatic carbocycles. The molecule has 0 aliphatic rings. The maximum absolute atomic E-state index is 13.4. The van der Waals surface area contributed by atoms with Gasteiger partial charge in [0.2, 0.25) is 5.65 Å². The Morgan fingerprint density at radius 2 is 1.75 bits per heavy atom. The fourth-order valence-corrected chi connectivity index (χ4v) is 3.17. The van der Waals surface area contributed by atoms with Gasteiger partial charge in [-0.05, 0) is 30.3 Å². The second kappa shape index (κ2) is 7.23. The third kappa shape index (κ3) is 2.93. The van der Waals surface area contributed by atoms with Crippen molar-refractivity contribution >= 4 is 11.5 Å². The maximum Gasteiger partial charge on any atom is 0.254 e. The summed E-state index contributed by atoms with van der Waals surface area (Å²) in [4.78, 5) is 12.1. The van der Waals surface area contributed by atoms with Gasteiger partial charge in [-0.1, -0.05) is 6.57 Å². The second-order valence-corrected chi connectivity index (χ2v) is 6.25. The van der Waals surface area contributed by atoms with E-state index >= 15 is 0 Å². The Kier molecular flexibility index (Phi) is 4.61. The van der Waals surface area contributed by atoms with Gasteiger partial charge in [0, 0.05) is 17.2 Å². The molecule has 0 saturated heterocycles. The van der Waals surface area contributed by atoms with Gasteiger partial charge in [-0.15, -0.1) is 0 Å². The summed E-state index contributed by atoms with van der Waals surface area (Å²) in [5.74, 6) is 0.0157. The number of fused-ring (bicyclic) bond motifs is 1. The molecule has 0 saturated carbocycles. The Morgan fingerprint density at radius 1 is 1.04 bits per heavy atom. The van der Waals surface area contributed by atoms with Crippen molar-refractivity contribution in [3.8, 4) is 22.5 Å². The van der Waals surface area contributed by atoms with Crippen molar-refractivity contribution in [2.45, 2.75) is 6.04 Å². The summed E-state index contributed by atoms with van der Waals surface area (Å²) in [6.07, 6.45) is 4.80. The van der Waals surface area contributed by atoms with Crippen LogP contribution in [-0.4, -0.2) is 42.4 Å². The van der Waals surface area contributed by atoms with Crippen molar-refractivity contribution in [1.29, 1.82) is 0 Å². The van der Waals surface area contributed by atoms with Crippen LogP contribution in [-0.2, 0) is 0 Å². The SMILES string of the molecule is [C-]#[N+]c1cnc2ccc(-c3c(-c4ccc(F)cc4)ncn3C(CO)CO)cn12. The predicted octanol–water partition coefficient (Wildman–Crippen LogP) is 3.08. The quantitative estimate of drug-likeness (QED) is 0.524. The molecule has 0 radical (unpaired) electrons. The van der Waals surface area contributed by atoms with Gasteiger partial charge in [0.1, 0.15) is 5.82 Å². The number of aliphatic hydroxyl groups is 2. The molecule has 3 heterocycles. The largest absolute Gasteiger partial charge is 0.394 e. The van der Waals surface area contributed by atoms with E-state index in [9.17, 15) is 14.6 Å². The minimum Gasteiger partial charge on any atom is -0.394 e. The Morgan fingerprint density at radius 3 is 2.43 bits per heavy atom. The lowest BCUT2D eigenvalue weighted by molar-refractivity contribution is 0.155. The molecule has 0 aliphatic heterocycles. The van der Waals surface area contributed by atoms with Crippen LogP contribution < -0.4 is 0 Å². The molecule has 0 bridgehead atoms. The van der Waals surface area contributed by atoms with Crippen LogP contribution in [0, 0.1) is 12.4 Å². The van der Waals surface area contributed by atoms with E-state index in [2.05, 4.69) is 14.8 Å². The van der Waals surface area contributed by atoms with Crippen LogP contribution in [0.3, 0.4) is 0 Å². The molecule has 0 amide bonds. The third-order valence-corrected chi connectivity index (χ3v) is 4.60. The van der Waals surface area contributed by atoms with Gasteiger partial charge >= 0.3 is 0 Å². The molecule has 3 aromatic heterocycles. The van der Waals surface area contributed by atoms with E-state index in [1.165, 1.54) is 18.3 Å². The zero-order valence-corrected chi connectivity index (χ0v) is 14.7. The van der Waals surface area contributed by atoms with E-state index in [-0.39, 0.29) is 19.0 Å². The number of rotatable bonds is 5. The molecular formula is C20H16FN5O2. The lowest BCUT2D eigenvalue weighted by Gasteiger charge is -2.17. The van der Waals surface area contributed by atoms with Crippen LogP contribution in [0.15, 0.2) is 55.1 Å². The highest BCUT2D eigenvalue weighted by molar-refractivity contribution is 5.79. The molecule has 140 valence electrons. The molecular weight excluding hydrogens is 361 g/mol. The highest BCUT2D eigenvalue weighted by Crippen LogP contribution is 2.34. The summed E-state index contributed by atoms with van der Waals surface area (Å²) in [6, 6.07) is 8.98. The Balaban J connectivity index is 1.96. The molecule has 0 fully saturated rings. The van der Waals surface area contributed by atoms with Crippen molar-refractivity contribution in [2.75, 3.05) is 13.2 Å². The number of halogens is 1. The molecule has 0 unspecified atom stereocenters. The van der Waals surface area contributed by atoms with Crippen molar-refractivity contribution in [3.05, 3.63) is 72.4 Å². The average molecular weight is 377 g/mol. The zero-order valence-electron chi connectivity index (χ0n) is 14.7. The van der Waals surface area contributed by atoms with Crippen LogP contribution in [0.5, 0.6) is 0 Å². The van der Waals surface area contributed by atoms with E-state index in [0.717, 1.165) is 5.56 Å². The predicted molar refractivity (Wildman–Crippen MR) is 101 cm³/mol. The van der Waals surface area contributed by atoms with Gasteiger partial charge < -0.3 is 19.6 Å². The van der Waals surface area contributed by atoms with Crippen LogP contribution in [0.4, 0.5) is 10.2 Å². The molecule has 0 atom stereocenters. The first-order valence-electron chi connectivity index (χ1n) is 8.55. The van der Waals surface area contributed by atoms with E-state index in [4.69, 9.17) is 6.57 Å². The lowest BCUT2D eigenvalue weighted by atomic mass is 10.1. The van der Waals surface area contributed by atoms with Gasteiger partial charge in [0.25, 0.3) is 5.82 Å². The number of benzene rings is 1. The van der Waals surface area contributed by atoms with Crippen molar-refractivity contribution in [2.24, 2.45) is 0 Å². The maximum atomic E-state index is 13.4. The standard InChI is InChI=1S/C20H16FN5O2/c1-22-18-8-23-17-7-4-14(9-25(17)18)20-19(13-2-5-15(21)6-3-13)24-12-26(20)16(10-27)11-28/h2-9,12,16,27-28H,10-11H2. The number of imidazole rings is 2. The molecule has 28 heavy (non-hydrogen) atoms. The normalized spacial score (nSPS) is 11.2. The van der Waals surface area contributed by atoms with E-state index in [1.54, 1.807) is 39.7 Å². The van der Waals surface area contributed by atoms with Crippen molar-refractivity contribution in [1.82, 2.24) is 18.9 Å². The number of nitrogens with zero attached hydrogens (tertiary/aromatic N) is 5. The Bertz CT molecular complexity index is 1170. The fraction of sp³-hybridized carbons (Fsp3) is 0.150. The molecule has 4 rings (SSSR count). The third-order valence-electron chi connectivity index (χ3n) is 4.60. The van der Waals surface area contributed by atoms with Crippen LogP contribution >= 0.6 is 0 Å². The van der Waals surface area contributed by atoms with Gasteiger partial charge in [0.15, 0.2) is 0 Å². The molecule has 7 nitrogen and oxygen atoms in total. The second-order valence-electron chi connectivity index (χ2n) is 6.25. The van der Waals surface area contributed by atoms with Crippen molar-refractivity contribution < 1.29 is 14.6 Å². The van der Waals surface area contributed by atoms with Gasteiger partial charge in [-0.2, -0.15) is 0 Å². The van der Waals surface area contributed by atoms with Gasteiger partial charge in [0.05, 0.1) is 49.4 Å². The first kappa shape index (κ1) is 17.9. The summed E-state index contributed by atoms with van der Waals surface area (Å²) in [7, 11) is 0. The van der Waals surface area contributed by atoms with Gasteiger partial charge in [-0.25, -0.2) is 18.8 Å². The molecule has 1 aromatic carbocycles. The van der Waals surface area contributed by atoms with Crippen LogP contribution in [0.1, 0.15) is 6.04 Å². The minimum atomic E-state index is -0.587. The molecule has 4 aromatic rings. The van der Waals surface area contributed by atoms with Crippen LogP contribution in [0.25, 0.3) is 33.0 Å². The fourth-order valence-electron chi connectivity index (χ4n) is 3.17. The summed E-state index contributed by atoms with van der Waals surface area (Å²) in [5, 5.41) is 19.3. The minimum absolute atomic E-state index is 0.274. The number of pyridine rings is 1. The first-order valence-corrected chi connectivity index (χ1v) is 8.55. The summed E-state index contributed by atoms with van der Waals surface area (Å²) in [6.45, 7) is 6.75. The Hall–Kier alpha value is -3.54. The number of hydrogen-bond donors (Lipinski definition) is 2. The van der Waals surface area contributed by atoms with E-state index in [0.29, 0.717) is 28.4 Å². The highest BCUT2D eigenvalue weighted by atomic mass is 19.1. The van der Waals surface area contributed by atoms with Gasteiger partial charge in [-0.3, -0.25) is 0 Å². The Labute approximate surface area is 159 Å². The zero-order chi connectivity index (χ0) is 19.7. The summed E-state index contributed by atoms with van der Waals surface area (Å²) >= 11 is 0. The van der Waals surface area contributed by atoms with E-state index in [1.807, 2.05) is 6.07 Å². The number of hydrogen-bond acceptors (Lipinski definition) is 4.